The number of nitrogens with zero attached hydrogens (tertiary/aromatic N) is 2. The second-order valence-electron chi connectivity index (χ2n) is 5.55. The SMILES string of the molecule is CCN(CC)c1ccc(CNS(=O)(=O)c2cccc(C(F)(F)F)c2)cn1. The van der Waals surface area contributed by atoms with Gasteiger partial charge in [0.1, 0.15) is 5.82 Å². The van der Waals surface area contributed by atoms with Gasteiger partial charge in [-0.1, -0.05) is 12.1 Å². The van der Waals surface area contributed by atoms with Crippen molar-refractivity contribution in [3.8, 4) is 0 Å². The van der Waals surface area contributed by atoms with E-state index in [4.69, 9.17) is 0 Å². The molecule has 0 atom stereocenters. The molecule has 2 aromatic rings. The summed E-state index contributed by atoms with van der Waals surface area (Å²) in [6.07, 6.45) is -3.06. The van der Waals surface area contributed by atoms with Crippen molar-refractivity contribution in [2.75, 3.05) is 18.0 Å². The molecular weight excluding hydrogens is 367 g/mol. The predicted molar refractivity (Wildman–Crippen MR) is 93.3 cm³/mol. The van der Waals surface area contributed by atoms with Crippen LogP contribution in [0.1, 0.15) is 25.0 Å². The van der Waals surface area contributed by atoms with Crippen LogP contribution >= 0.6 is 0 Å². The molecule has 0 aliphatic heterocycles. The molecule has 0 amide bonds. The Morgan fingerprint density at radius 2 is 1.81 bits per heavy atom. The van der Waals surface area contributed by atoms with Crippen LogP contribution in [0.3, 0.4) is 0 Å². The molecule has 1 aromatic heterocycles. The summed E-state index contributed by atoms with van der Waals surface area (Å²) in [5.74, 6) is 0.777. The van der Waals surface area contributed by atoms with Gasteiger partial charge in [0.25, 0.3) is 0 Å². The number of benzene rings is 1. The molecule has 26 heavy (non-hydrogen) atoms. The maximum absolute atomic E-state index is 12.7. The van der Waals surface area contributed by atoms with Gasteiger partial charge in [0.2, 0.25) is 10.0 Å². The zero-order chi connectivity index (χ0) is 19.4. The van der Waals surface area contributed by atoms with Crippen molar-refractivity contribution >= 4 is 15.8 Å². The molecule has 0 saturated carbocycles. The highest BCUT2D eigenvalue weighted by Crippen LogP contribution is 2.30. The Morgan fingerprint density at radius 3 is 2.35 bits per heavy atom. The second-order valence-corrected chi connectivity index (χ2v) is 7.31. The molecule has 0 aliphatic carbocycles. The minimum Gasteiger partial charge on any atom is -0.357 e. The smallest absolute Gasteiger partial charge is 0.357 e. The molecule has 0 fully saturated rings. The molecule has 0 spiro atoms. The van der Waals surface area contributed by atoms with Gasteiger partial charge in [0.15, 0.2) is 0 Å². The Hall–Kier alpha value is -2.13. The number of hydrogen-bond donors (Lipinski definition) is 1. The summed E-state index contributed by atoms with van der Waals surface area (Å²) in [6.45, 7) is 5.53. The first kappa shape index (κ1) is 20.2. The second kappa shape index (κ2) is 8.05. The number of aromatic nitrogens is 1. The average Bonchev–Trinajstić information content (AvgIpc) is 2.61. The van der Waals surface area contributed by atoms with Gasteiger partial charge in [-0.2, -0.15) is 13.2 Å². The van der Waals surface area contributed by atoms with Crippen LogP contribution in [0.25, 0.3) is 0 Å². The number of pyridine rings is 1. The van der Waals surface area contributed by atoms with E-state index in [0.717, 1.165) is 37.1 Å². The molecule has 2 rings (SSSR count). The predicted octanol–water partition coefficient (Wildman–Crippen LogP) is 3.43. The van der Waals surface area contributed by atoms with Gasteiger partial charge < -0.3 is 4.90 Å². The number of rotatable bonds is 7. The normalized spacial score (nSPS) is 12.2. The highest BCUT2D eigenvalue weighted by molar-refractivity contribution is 7.89. The molecular formula is C17H20F3N3O2S. The van der Waals surface area contributed by atoms with Crippen molar-refractivity contribution in [2.24, 2.45) is 0 Å². The minimum atomic E-state index is -4.60. The van der Waals surface area contributed by atoms with Crippen LogP contribution in [0.2, 0.25) is 0 Å². The van der Waals surface area contributed by atoms with Gasteiger partial charge in [0, 0.05) is 25.8 Å². The molecule has 1 aromatic carbocycles. The standard InChI is InChI=1S/C17H20F3N3O2S/c1-3-23(4-2)16-9-8-13(11-21-16)12-22-26(24,25)15-7-5-6-14(10-15)17(18,19)20/h5-11,22H,3-4,12H2,1-2H3. The van der Waals surface area contributed by atoms with Crippen molar-refractivity contribution in [2.45, 2.75) is 31.5 Å². The molecule has 0 saturated heterocycles. The van der Waals surface area contributed by atoms with Gasteiger partial charge in [0.05, 0.1) is 10.5 Å². The third-order valence-electron chi connectivity index (χ3n) is 3.83. The van der Waals surface area contributed by atoms with E-state index in [1.807, 2.05) is 18.7 Å². The number of anilines is 1. The van der Waals surface area contributed by atoms with Crippen molar-refractivity contribution in [3.63, 3.8) is 0 Å². The summed E-state index contributed by atoms with van der Waals surface area (Å²) in [7, 11) is -4.07. The Balaban J connectivity index is 2.11. The molecule has 0 bridgehead atoms. The molecule has 1 heterocycles. The Morgan fingerprint density at radius 1 is 1.12 bits per heavy atom. The minimum absolute atomic E-state index is 0.0654. The third kappa shape index (κ3) is 4.95. The molecule has 0 radical (unpaired) electrons. The molecule has 0 aliphatic rings. The van der Waals surface area contributed by atoms with Crippen LogP contribution < -0.4 is 9.62 Å². The van der Waals surface area contributed by atoms with E-state index in [2.05, 4.69) is 9.71 Å². The topological polar surface area (TPSA) is 62.3 Å². The van der Waals surface area contributed by atoms with Crippen LogP contribution in [0.5, 0.6) is 0 Å². The molecule has 0 unspecified atom stereocenters. The Labute approximate surface area is 150 Å². The fraction of sp³-hybridized carbons (Fsp3) is 0.353. The van der Waals surface area contributed by atoms with Gasteiger partial charge in [-0.3, -0.25) is 0 Å². The van der Waals surface area contributed by atoms with E-state index >= 15 is 0 Å². The highest BCUT2D eigenvalue weighted by Gasteiger charge is 2.31. The van der Waals surface area contributed by atoms with Crippen molar-refractivity contribution in [1.82, 2.24) is 9.71 Å². The lowest BCUT2D eigenvalue weighted by molar-refractivity contribution is -0.137. The van der Waals surface area contributed by atoms with E-state index in [0.29, 0.717) is 11.6 Å². The first-order valence-electron chi connectivity index (χ1n) is 8.04. The van der Waals surface area contributed by atoms with Crippen LogP contribution in [0.15, 0.2) is 47.5 Å². The average molecular weight is 387 g/mol. The van der Waals surface area contributed by atoms with Crippen LogP contribution in [-0.2, 0) is 22.7 Å². The molecule has 142 valence electrons. The van der Waals surface area contributed by atoms with Crippen LogP contribution in [0, 0.1) is 0 Å². The van der Waals surface area contributed by atoms with Crippen LogP contribution in [-0.4, -0.2) is 26.5 Å². The van der Waals surface area contributed by atoms with Gasteiger partial charge in [-0.15, -0.1) is 0 Å². The maximum atomic E-state index is 12.7. The number of halogens is 3. The van der Waals surface area contributed by atoms with E-state index in [1.54, 1.807) is 18.3 Å². The Kier molecular flexibility index (Phi) is 6.25. The summed E-state index contributed by atoms with van der Waals surface area (Å²) < 4.78 is 65.0. The van der Waals surface area contributed by atoms with Crippen molar-refractivity contribution in [3.05, 3.63) is 53.7 Å². The maximum Gasteiger partial charge on any atom is 0.416 e. The lowest BCUT2D eigenvalue weighted by Gasteiger charge is -2.19. The molecule has 9 heteroatoms. The van der Waals surface area contributed by atoms with Gasteiger partial charge in [-0.05, 0) is 43.7 Å². The summed E-state index contributed by atoms with van der Waals surface area (Å²) in [4.78, 5) is 5.89. The summed E-state index contributed by atoms with van der Waals surface area (Å²) >= 11 is 0. The Bertz CT molecular complexity index is 833. The number of nitrogens with one attached hydrogen (secondary N) is 1. The van der Waals surface area contributed by atoms with Crippen molar-refractivity contribution < 1.29 is 21.6 Å². The first-order chi connectivity index (χ1) is 12.2. The number of sulfonamides is 1. The molecule has 5 nitrogen and oxygen atoms in total. The van der Waals surface area contributed by atoms with E-state index in [-0.39, 0.29) is 6.54 Å². The summed E-state index contributed by atoms with van der Waals surface area (Å²) in [5.41, 5.74) is -0.401. The highest BCUT2D eigenvalue weighted by atomic mass is 32.2. The lowest BCUT2D eigenvalue weighted by atomic mass is 10.2. The van der Waals surface area contributed by atoms with Crippen molar-refractivity contribution in [1.29, 1.82) is 0 Å². The largest absolute Gasteiger partial charge is 0.416 e. The van der Waals surface area contributed by atoms with E-state index in [9.17, 15) is 21.6 Å². The fourth-order valence-electron chi connectivity index (χ4n) is 2.36. The molecule has 1 N–H and O–H groups in total. The summed E-state index contributed by atoms with van der Waals surface area (Å²) in [5, 5.41) is 0. The quantitative estimate of drug-likeness (QED) is 0.791. The van der Waals surface area contributed by atoms with Gasteiger partial charge >= 0.3 is 6.18 Å². The number of hydrogen-bond acceptors (Lipinski definition) is 4. The monoisotopic (exact) mass is 387 g/mol. The third-order valence-corrected chi connectivity index (χ3v) is 5.23. The van der Waals surface area contributed by atoms with E-state index < -0.39 is 26.7 Å². The van der Waals surface area contributed by atoms with Crippen LogP contribution in [0.4, 0.5) is 19.0 Å². The number of alkyl halides is 3. The summed E-state index contributed by atoms with van der Waals surface area (Å²) in [6, 6.07) is 7.15. The van der Waals surface area contributed by atoms with Gasteiger partial charge in [-0.25, -0.2) is 18.1 Å². The first-order valence-corrected chi connectivity index (χ1v) is 9.52. The fourth-order valence-corrected chi connectivity index (χ4v) is 3.42. The lowest BCUT2D eigenvalue weighted by Crippen LogP contribution is -2.24. The van der Waals surface area contributed by atoms with E-state index in [1.165, 1.54) is 0 Å². The zero-order valence-electron chi connectivity index (χ0n) is 14.4. The zero-order valence-corrected chi connectivity index (χ0v) is 15.2.